The van der Waals surface area contributed by atoms with E-state index in [1.165, 1.54) is 13.0 Å². The normalized spacial score (nSPS) is 21.0. The monoisotopic (exact) mass is 346 g/mol. The molecule has 2 rings (SSSR count). The first kappa shape index (κ1) is 18.2. The summed E-state index contributed by atoms with van der Waals surface area (Å²) in [6, 6.07) is 3.36. The standard InChI is InChI=1S/C18H22ClF3O/c1-5-8-16(3,4)13-11-15-12(10-14(13)19)7-9-17(6-2,23-15)18(20,21)22/h7,9-11H,5-6,8H2,1-4H3. The summed E-state index contributed by atoms with van der Waals surface area (Å²) in [6.07, 6.45) is -0.250. The number of hydrogen-bond acceptors (Lipinski definition) is 1. The van der Waals surface area contributed by atoms with E-state index < -0.39 is 11.8 Å². The van der Waals surface area contributed by atoms with Crippen molar-refractivity contribution in [3.8, 4) is 5.75 Å². The molecular formula is C18H22ClF3O. The van der Waals surface area contributed by atoms with E-state index in [1.807, 2.05) is 13.8 Å². The molecule has 1 aromatic rings. The Bertz CT molecular complexity index is 619. The number of alkyl halides is 3. The zero-order chi connectivity index (χ0) is 17.5. The second-order valence-electron chi connectivity index (χ2n) is 6.68. The molecule has 0 amide bonds. The average Bonchev–Trinajstić information content (AvgIpc) is 2.44. The molecule has 0 radical (unpaired) electrons. The van der Waals surface area contributed by atoms with Gasteiger partial charge in [0.15, 0.2) is 0 Å². The molecule has 23 heavy (non-hydrogen) atoms. The second kappa shape index (κ2) is 6.04. The van der Waals surface area contributed by atoms with Gasteiger partial charge in [0, 0.05) is 10.6 Å². The first-order valence-corrected chi connectivity index (χ1v) is 8.23. The third kappa shape index (κ3) is 3.23. The van der Waals surface area contributed by atoms with Crippen molar-refractivity contribution in [1.29, 1.82) is 0 Å². The summed E-state index contributed by atoms with van der Waals surface area (Å²) in [5.41, 5.74) is -1.08. The maximum atomic E-state index is 13.4. The quantitative estimate of drug-likeness (QED) is 0.601. The summed E-state index contributed by atoms with van der Waals surface area (Å²) in [4.78, 5) is 0. The van der Waals surface area contributed by atoms with Crippen molar-refractivity contribution in [3.05, 3.63) is 34.4 Å². The van der Waals surface area contributed by atoms with E-state index in [4.69, 9.17) is 16.3 Å². The SMILES string of the molecule is CCCC(C)(C)c1cc2c(cc1Cl)C=CC(CC)(C(F)(F)F)O2. The minimum Gasteiger partial charge on any atom is -0.473 e. The molecule has 0 saturated heterocycles. The van der Waals surface area contributed by atoms with E-state index in [1.54, 1.807) is 12.1 Å². The lowest BCUT2D eigenvalue weighted by molar-refractivity contribution is -0.230. The predicted molar refractivity (Wildman–Crippen MR) is 88.1 cm³/mol. The van der Waals surface area contributed by atoms with Gasteiger partial charge in [-0.25, -0.2) is 0 Å². The van der Waals surface area contributed by atoms with Crippen molar-refractivity contribution in [2.75, 3.05) is 0 Å². The van der Waals surface area contributed by atoms with Crippen LogP contribution in [0.15, 0.2) is 18.2 Å². The van der Waals surface area contributed by atoms with Gasteiger partial charge < -0.3 is 4.74 Å². The predicted octanol–water partition coefficient (Wildman–Crippen LogP) is 6.53. The Morgan fingerprint density at radius 1 is 1.17 bits per heavy atom. The summed E-state index contributed by atoms with van der Waals surface area (Å²) < 4.78 is 45.7. The maximum absolute atomic E-state index is 13.4. The van der Waals surface area contributed by atoms with Gasteiger partial charge in [0.2, 0.25) is 5.60 Å². The van der Waals surface area contributed by atoms with Gasteiger partial charge in [-0.15, -0.1) is 0 Å². The van der Waals surface area contributed by atoms with E-state index in [2.05, 4.69) is 6.92 Å². The maximum Gasteiger partial charge on any atom is 0.432 e. The van der Waals surface area contributed by atoms with Crippen LogP contribution in [0.4, 0.5) is 13.2 Å². The van der Waals surface area contributed by atoms with Gasteiger partial charge in [-0.05, 0) is 42.0 Å². The molecule has 128 valence electrons. The molecule has 0 aliphatic carbocycles. The lowest BCUT2D eigenvalue weighted by Crippen LogP contribution is -2.49. The molecule has 1 atom stereocenters. The first-order chi connectivity index (χ1) is 10.6. The Balaban J connectivity index is 2.51. The van der Waals surface area contributed by atoms with Crippen LogP contribution >= 0.6 is 11.6 Å². The molecule has 5 heteroatoms. The summed E-state index contributed by atoms with van der Waals surface area (Å²) in [5.74, 6) is 0.246. The van der Waals surface area contributed by atoms with E-state index in [9.17, 15) is 13.2 Å². The fourth-order valence-corrected chi connectivity index (χ4v) is 3.49. The van der Waals surface area contributed by atoms with Crippen LogP contribution in [-0.4, -0.2) is 11.8 Å². The molecule has 0 N–H and O–H groups in total. The van der Waals surface area contributed by atoms with Crippen LogP contribution in [-0.2, 0) is 5.41 Å². The molecule has 1 aliphatic heterocycles. The number of hydrogen-bond donors (Lipinski definition) is 0. The third-order valence-corrected chi connectivity index (χ3v) is 4.85. The Kier molecular flexibility index (Phi) is 4.78. The minimum atomic E-state index is -4.46. The molecular weight excluding hydrogens is 325 g/mol. The topological polar surface area (TPSA) is 9.23 Å². The largest absolute Gasteiger partial charge is 0.473 e. The molecule has 1 unspecified atom stereocenters. The van der Waals surface area contributed by atoms with Gasteiger partial charge >= 0.3 is 6.18 Å². The molecule has 0 aromatic heterocycles. The molecule has 0 saturated carbocycles. The Morgan fingerprint density at radius 3 is 2.35 bits per heavy atom. The van der Waals surface area contributed by atoms with Gasteiger partial charge in [0.1, 0.15) is 5.75 Å². The average molecular weight is 347 g/mol. The second-order valence-corrected chi connectivity index (χ2v) is 7.09. The number of fused-ring (bicyclic) bond motifs is 1. The highest BCUT2D eigenvalue weighted by Gasteiger charge is 2.55. The number of rotatable bonds is 4. The van der Waals surface area contributed by atoms with Crippen molar-refractivity contribution in [1.82, 2.24) is 0 Å². The van der Waals surface area contributed by atoms with Gasteiger partial charge in [-0.3, -0.25) is 0 Å². The molecule has 0 fully saturated rings. The van der Waals surface area contributed by atoms with Crippen molar-refractivity contribution in [2.45, 2.75) is 64.1 Å². The lowest BCUT2D eigenvalue weighted by atomic mass is 9.80. The zero-order valence-corrected chi connectivity index (χ0v) is 14.6. The molecule has 0 spiro atoms. The fourth-order valence-electron chi connectivity index (χ4n) is 3.06. The first-order valence-electron chi connectivity index (χ1n) is 7.85. The highest BCUT2D eigenvalue weighted by Crippen LogP contribution is 2.46. The van der Waals surface area contributed by atoms with Crippen molar-refractivity contribution in [3.63, 3.8) is 0 Å². The molecule has 1 nitrogen and oxygen atoms in total. The molecule has 0 bridgehead atoms. The summed E-state index contributed by atoms with van der Waals surface area (Å²) in [7, 11) is 0. The number of benzene rings is 1. The third-order valence-electron chi connectivity index (χ3n) is 4.53. The smallest absolute Gasteiger partial charge is 0.432 e. The Morgan fingerprint density at radius 2 is 1.83 bits per heavy atom. The highest BCUT2D eigenvalue weighted by molar-refractivity contribution is 6.31. The minimum absolute atomic E-state index is 0.178. The van der Waals surface area contributed by atoms with E-state index in [-0.39, 0.29) is 17.6 Å². The molecule has 1 aromatic carbocycles. The van der Waals surface area contributed by atoms with Crippen molar-refractivity contribution >= 4 is 17.7 Å². The Labute approximate surface area is 140 Å². The number of ether oxygens (including phenoxy) is 1. The van der Waals surface area contributed by atoms with E-state index >= 15 is 0 Å². The summed E-state index contributed by atoms with van der Waals surface area (Å²) in [5, 5.41) is 0.562. The van der Waals surface area contributed by atoms with Gasteiger partial charge in [-0.1, -0.05) is 51.8 Å². The van der Waals surface area contributed by atoms with E-state index in [0.717, 1.165) is 24.5 Å². The van der Waals surface area contributed by atoms with E-state index in [0.29, 0.717) is 10.6 Å². The van der Waals surface area contributed by atoms with Crippen LogP contribution in [0.1, 0.15) is 58.1 Å². The molecule has 1 heterocycles. The van der Waals surface area contributed by atoms with Gasteiger partial charge in [-0.2, -0.15) is 13.2 Å². The van der Waals surface area contributed by atoms with Gasteiger partial charge in [0.05, 0.1) is 0 Å². The van der Waals surface area contributed by atoms with Crippen LogP contribution in [0.25, 0.3) is 6.08 Å². The van der Waals surface area contributed by atoms with Crippen molar-refractivity contribution in [2.24, 2.45) is 0 Å². The summed E-state index contributed by atoms with van der Waals surface area (Å²) in [6.45, 7) is 7.62. The number of halogens is 4. The zero-order valence-electron chi connectivity index (χ0n) is 13.9. The molecule has 1 aliphatic rings. The van der Waals surface area contributed by atoms with Crippen LogP contribution in [0.2, 0.25) is 5.02 Å². The van der Waals surface area contributed by atoms with Crippen LogP contribution in [0.3, 0.4) is 0 Å². The van der Waals surface area contributed by atoms with Crippen molar-refractivity contribution < 1.29 is 17.9 Å². The fraction of sp³-hybridized carbons (Fsp3) is 0.556. The highest BCUT2D eigenvalue weighted by atomic mass is 35.5. The van der Waals surface area contributed by atoms with Crippen LogP contribution in [0.5, 0.6) is 5.75 Å². The Hall–Kier alpha value is -1.16. The summed E-state index contributed by atoms with van der Waals surface area (Å²) >= 11 is 6.36. The van der Waals surface area contributed by atoms with Crippen LogP contribution in [0, 0.1) is 0 Å². The lowest BCUT2D eigenvalue weighted by Gasteiger charge is -2.36. The van der Waals surface area contributed by atoms with Crippen LogP contribution < -0.4 is 4.74 Å². The van der Waals surface area contributed by atoms with Gasteiger partial charge in [0.25, 0.3) is 0 Å².